The van der Waals surface area contributed by atoms with Crippen molar-refractivity contribution >= 4 is 22.8 Å². The van der Waals surface area contributed by atoms with Crippen LogP contribution in [0.5, 0.6) is 23.0 Å². The second-order valence-corrected chi connectivity index (χ2v) is 13.2. The van der Waals surface area contributed by atoms with Crippen LogP contribution in [0.3, 0.4) is 0 Å². The van der Waals surface area contributed by atoms with E-state index < -0.39 is 41.6 Å². The topological polar surface area (TPSA) is 128 Å². The van der Waals surface area contributed by atoms with E-state index in [1.807, 2.05) is 42.5 Å². The molecular weight excluding hydrogens is 640 g/mol. The van der Waals surface area contributed by atoms with Gasteiger partial charge in [0.15, 0.2) is 10.7 Å². The number of ether oxygens (including phenoxy) is 8. The molecule has 3 aliphatic rings. The number of benzene rings is 3. The van der Waals surface area contributed by atoms with Crippen LogP contribution in [-0.2, 0) is 39.7 Å². The Balaban J connectivity index is 1.43. The number of methoxy groups -OCH3 is 4. The molecule has 0 amide bonds. The molecular formula is C36H40O11S. The molecule has 256 valence electrons. The minimum Gasteiger partial charge on any atom is -0.497 e. The molecule has 0 radical (unpaired) electrons. The lowest BCUT2D eigenvalue weighted by atomic mass is 9.70. The molecule has 1 N–H and O–H groups in total. The molecule has 3 aromatic rings. The SMILES string of the molecule is COC(=O)[C@H]1C[C@@]2(O)c3c(OC)cc(O[C@@H]4OC(CCSC(C)=O)CO[C@H]4OC)cc3O[C@@]2(c2ccc(OC)cc2)[C@@H]1c1ccccc1. The third kappa shape index (κ3) is 5.90. The number of carbonyl (C=O) groups excluding carboxylic acids is 2. The lowest BCUT2D eigenvalue weighted by Crippen LogP contribution is -2.48. The van der Waals surface area contributed by atoms with Crippen LogP contribution in [0.25, 0.3) is 0 Å². The summed E-state index contributed by atoms with van der Waals surface area (Å²) in [5.74, 6) is 0.287. The quantitative estimate of drug-likeness (QED) is 0.276. The lowest BCUT2D eigenvalue weighted by molar-refractivity contribution is -0.312. The Hall–Kier alpha value is -3.81. The Kier molecular flexibility index (Phi) is 9.91. The van der Waals surface area contributed by atoms with Gasteiger partial charge in [-0.1, -0.05) is 54.2 Å². The van der Waals surface area contributed by atoms with Gasteiger partial charge in [-0.3, -0.25) is 9.59 Å². The monoisotopic (exact) mass is 680 g/mol. The van der Waals surface area contributed by atoms with Gasteiger partial charge in [-0.2, -0.15) is 0 Å². The fourth-order valence-electron chi connectivity index (χ4n) is 7.29. The van der Waals surface area contributed by atoms with E-state index in [0.717, 1.165) is 5.56 Å². The van der Waals surface area contributed by atoms with Crippen LogP contribution in [0.4, 0.5) is 0 Å². The van der Waals surface area contributed by atoms with Crippen molar-refractivity contribution < 1.29 is 52.6 Å². The van der Waals surface area contributed by atoms with Crippen molar-refractivity contribution in [2.24, 2.45) is 5.92 Å². The molecule has 1 unspecified atom stereocenters. The Labute approximate surface area is 283 Å². The van der Waals surface area contributed by atoms with E-state index in [1.165, 1.54) is 40.0 Å². The van der Waals surface area contributed by atoms with Crippen LogP contribution in [0.1, 0.15) is 42.4 Å². The van der Waals surface area contributed by atoms with Crippen molar-refractivity contribution in [3.05, 3.63) is 83.4 Å². The van der Waals surface area contributed by atoms with Crippen LogP contribution in [-0.4, -0.2) is 75.7 Å². The first-order valence-corrected chi connectivity index (χ1v) is 16.7. The molecule has 1 saturated carbocycles. The highest BCUT2D eigenvalue weighted by atomic mass is 32.2. The first kappa shape index (κ1) is 34.1. The molecule has 1 saturated heterocycles. The summed E-state index contributed by atoms with van der Waals surface area (Å²) in [5.41, 5.74) is -1.39. The standard InChI is InChI=1S/C36H40O11S/c1-21(37)48-16-15-25-20-44-33(43-5)34(45-25)46-26-17-28(41-3)31-29(18-26)47-36(23-11-13-24(40-2)14-12-23)30(22-9-7-6-8-10-22)27(32(38)42-4)19-35(31,36)39/h6-14,17-18,25,27,30,33-34,39H,15-16,19-20H2,1-5H3/t25?,27-,30+,33+,34-,35+,36-/m0/s1. The molecule has 1 aliphatic carbocycles. The second kappa shape index (κ2) is 14.0. The van der Waals surface area contributed by atoms with Crippen molar-refractivity contribution in [3.63, 3.8) is 0 Å². The van der Waals surface area contributed by atoms with Crippen LogP contribution in [0.15, 0.2) is 66.7 Å². The summed E-state index contributed by atoms with van der Waals surface area (Å²) in [6.07, 6.45) is -1.50. The summed E-state index contributed by atoms with van der Waals surface area (Å²) in [6.45, 7) is 1.81. The Morgan fingerprint density at radius 2 is 1.71 bits per heavy atom. The van der Waals surface area contributed by atoms with E-state index in [9.17, 15) is 14.7 Å². The maximum atomic E-state index is 13.5. The highest BCUT2D eigenvalue weighted by molar-refractivity contribution is 8.13. The van der Waals surface area contributed by atoms with Gasteiger partial charge in [-0.05, 0) is 36.1 Å². The van der Waals surface area contributed by atoms with E-state index in [-0.39, 0.29) is 24.2 Å². The van der Waals surface area contributed by atoms with Crippen molar-refractivity contribution in [3.8, 4) is 23.0 Å². The highest BCUT2D eigenvalue weighted by Crippen LogP contribution is 2.70. The average molecular weight is 681 g/mol. The van der Waals surface area contributed by atoms with Crippen molar-refractivity contribution in [1.82, 2.24) is 0 Å². The van der Waals surface area contributed by atoms with Crippen LogP contribution in [0, 0.1) is 5.92 Å². The summed E-state index contributed by atoms with van der Waals surface area (Å²) in [6, 6.07) is 20.1. The molecule has 11 nitrogen and oxygen atoms in total. The van der Waals surface area contributed by atoms with E-state index in [0.29, 0.717) is 46.3 Å². The van der Waals surface area contributed by atoms with Gasteiger partial charge in [-0.15, -0.1) is 0 Å². The largest absolute Gasteiger partial charge is 0.497 e. The predicted molar refractivity (Wildman–Crippen MR) is 175 cm³/mol. The molecule has 2 heterocycles. The summed E-state index contributed by atoms with van der Waals surface area (Å²) >= 11 is 1.22. The number of esters is 1. The molecule has 7 atom stereocenters. The van der Waals surface area contributed by atoms with Gasteiger partial charge in [0.2, 0.25) is 6.29 Å². The van der Waals surface area contributed by atoms with Crippen molar-refractivity contribution in [1.29, 1.82) is 0 Å². The molecule has 48 heavy (non-hydrogen) atoms. The molecule has 12 heteroatoms. The number of aliphatic hydroxyl groups is 1. The maximum absolute atomic E-state index is 13.5. The van der Waals surface area contributed by atoms with Gasteiger partial charge in [0.05, 0.1) is 45.5 Å². The number of fused-ring (bicyclic) bond motifs is 3. The van der Waals surface area contributed by atoms with Crippen molar-refractivity contribution in [2.75, 3.05) is 40.8 Å². The fourth-order valence-corrected chi connectivity index (χ4v) is 7.96. The van der Waals surface area contributed by atoms with E-state index in [2.05, 4.69) is 0 Å². The Morgan fingerprint density at radius 3 is 2.35 bits per heavy atom. The normalized spacial score (nSPS) is 28.9. The minimum atomic E-state index is -1.74. The summed E-state index contributed by atoms with van der Waals surface area (Å²) < 4.78 is 47.5. The zero-order valence-electron chi connectivity index (χ0n) is 27.5. The third-order valence-corrected chi connectivity index (χ3v) is 10.2. The van der Waals surface area contributed by atoms with Gasteiger partial charge in [0.1, 0.15) is 28.6 Å². The first-order valence-electron chi connectivity index (χ1n) is 15.7. The first-order chi connectivity index (χ1) is 23.2. The molecule has 2 fully saturated rings. The zero-order valence-corrected chi connectivity index (χ0v) is 28.3. The third-order valence-electron chi connectivity index (χ3n) is 9.32. The van der Waals surface area contributed by atoms with E-state index in [4.69, 9.17) is 37.9 Å². The molecule has 0 spiro atoms. The number of hydrogen-bond donors (Lipinski definition) is 1. The Morgan fingerprint density at radius 1 is 0.958 bits per heavy atom. The molecule has 6 rings (SSSR count). The van der Waals surface area contributed by atoms with Gasteiger partial charge >= 0.3 is 5.97 Å². The zero-order chi connectivity index (χ0) is 34.1. The van der Waals surface area contributed by atoms with Gasteiger partial charge in [0.25, 0.3) is 6.29 Å². The van der Waals surface area contributed by atoms with Crippen LogP contribution < -0.4 is 18.9 Å². The average Bonchev–Trinajstić information content (AvgIpc) is 3.51. The second-order valence-electron chi connectivity index (χ2n) is 12.0. The Bertz CT molecular complexity index is 1620. The maximum Gasteiger partial charge on any atom is 0.309 e. The molecule has 0 bridgehead atoms. The van der Waals surface area contributed by atoms with Crippen LogP contribution in [0.2, 0.25) is 0 Å². The van der Waals surface area contributed by atoms with Gasteiger partial charge in [-0.25, -0.2) is 0 Å². The molecule has 0 aromatic heterocycles. The van der Waals surface area contributed by atoms with E-state index >= 15 is 0 Å². The predicted octanol–water partition coefficient (Wildman–Crippen LogP) is 4.92. The van der Waals surface area contributed by atoms with Crippen LogP contribution >= 0.6 is 11.8 Å². The smallest absolute Gasteiger partial charge is 0.309 e. The van der Waals surface area contributed by atoms with Gasteiger partial charge in [0, 0.05) is 37.8 Å². The van der Waals surface area contributed by atoms with Crippen molar-refractivity contribution in [2.45, 2.75) is 55.6 Å². The summed E-state index contributed by atoms with van der Waals surface area (Å²) in [4.78, 5) is 24.9. The minimum absolute atomic E-state index is 0.000106. The number of carbonyl (C=O) groups is 2. The molecule has 2 aliphatic heterocycles. The molecule has 3 aromatic carbocycles. The number of thioether (sulfide) groups is 1. The summed E-state index contributed by atoms with van der Waals surface area (Å²) in [5, 5.41) is 13.1. The lowest BCUT2D eigenvalue weighted by Gasteiger charge is -2.40. The number of rotatable bonds is 11. The fraction of sp³-hybridized carbons (Fsp3) is 0.444. The number of hydrogen-bond acceptors (Lipinski definition) is 12. The van der Waals surface area contributed by atoms with E-state index in [1.54, 1.807) is 31.4 Å². The highest BCUT2D eigenvalue weighted by Gasteiger charge is 2.73. The van der Waals surface area contributed by atoms with Gasteiger partial charge < -0.3 is 43.0 Å². The summed E-state index contributed by atoms with van der Waals surface area (Å²) in [7, 11) is 5.92.